The number of carbonyl (C=O) groups is 3. The highest BCUT2D eigenvalue weighted by Crippen LogP contribution is 2.35. The van der Waals surface area contributed by atoms with Gasteiger partial charge in [-0.15, -0.1) is 0 Å². The Morgan fingerprint density at radius 1 is 0.462 bits per heavy atom. The largest absolute Gasteiger partial charge is 0.466 e. The number of allylic oxidation sites excluding steroid dienone is 6. The summed E-state index contributed by atoms with van der Waals surface area (Å²) in [6.07, 6.45) is 38.7. The van der Waals surface area contributed by atoms with Gasteiger partial charge in [0.25, 0.3) is 0 Å². The first-order valence-electron chi connectivity index (χ1n) is 21.6. The van der Waals surface area contributed by atoms with E-state index in [1.807, 2.05) is 0 Å². The summed E-state index contributed by atoms with van der Waals surface area (Å²) in [5.74, 6) is -0.614. The lowest BCUT2D eigenvalue weighted by Crippen LogP contribution is -2.52. The van der Waals surface area contributed by atoms with Crippen LogP contribution in [0.5, 0.6) is 0 Å². The molecule has 1 heterocycles. The number of hydrogen-bond donors (Lipinski definition) is 0. The lowest BCUT2D eigenvalue weighted by molar-refractivity contribution is -0.146. The molecule has 0 aliphatic carbocycles. The Morgan fingerprint density at radius 2 is 0.769 bits per heavy atom. The van der Waals surface area contributed by atoms with Gasteiger partial charge < -0.3 is 14.2 Å². The number of nitrogens with zero attached hydrogens (tertiary/aromatic N) is 1. The van der Waals surface area contributed by atoms with Gasteiger partial charge in [0, 0.05) is 24.8 Å². The van der Waals surface area contributed by atoms with Gasteiger partial charge in [0.15, 0.2) is 0 Å². The second-order valence-electron chi connectivity index (χ2n) is 14.8. The molecular formula is C45H79NO6. The van der Waals surface area contributed by atoms with Gasteiger partial charge in [-0.05, 0) is 122 Å². The highest BCUT2D eigenvalue weighted by molar-refractivity contribution is 5.71. The minimum Gasteiger partial charge on any atom is -0.466 e. The average molecular weight is 730 g/mol. The predicted molar refractivity (Wildman–Crippen MR) is 216 cm³/mol. The quantitative estimate of drug-likeness (QED) is 0.0282. The van der Waals surface area contributed by atoms with Gasteiger partial charge in [-0.2, -0.15) is 0 Å². The Kier molecular flexibility index (Phi) is 31.5. The van der Waals surface area contributed by atoms with Crippen LogP contribution in [0.3, 0.4) is 0 Å². The standard InChI is InChI=1S/C45H79NO6/c1-4-7-10-13-16-19-22-28-39-50-42(47)31-34-45(46-37-26-25-27-38-46,35-32-43(48)51-40-29-23-20-17-14-11-8-5-2)36-33-44(49)52-41-30-24-21-18-15-12-9-6-3/h16-21H,4-15,22-41H2,1-3H3/b19-16-,20-17-,21-18-. The summed E-state index contributed by atoms with van der Waals surface area (Å²) in [6, 6.07) is 0. The minimum absolute atomic E-state index is 0.205. The van der Waals surface area contributed by atoms with Gasteiger partial charge >= 0.3 is 17.9 Å². The Hall–Kier alpha value is -2.41. The van der Waals surface area contributed by atoms with Crippen LogP contribution in [0, 0.1) is 0 Å². The van der Waals surface area contributed by atoms with E-state index in [9.17, 15) is 14.4 Å². The summed E-state index contributed by atoms with van der Waals surface area (Å²) in [5, 5.41) is 0. The van der Waals surface area contributed by atoms with Crippen molar-refractivity contribution in [3.05, 3.63) is 36.5 Å². The van der Waals surface area contributed by atoms with Gasteiger partial charge in [-0.3, -0.25) is 19.3 Å². The maximum atomic E-state index is 13.0. The fourth-order valence-electron chi connectivity index (χ4n) is 6.84. The van der Waals surface area contributed by atoms with E-state index in [1.54, 1.807) is 0 Å². The molecule has 7 nitrogen and oxygen atoms in total. The van der Waals surface area contributed by atoms with Gasteiger partial charge in [-0.1, -0.05) is 102 Å². The summed E-state index contributed by atoms with van der Waals surface area (Å²) in [4.78, 5) is 41.5. The van der Waals surface area contributed by atoms with E-state index in [4.69, 9.17) is 14.2 Å². The molecule has 7 heteroatoms. The molecular weight excluding hydrogens is 650 g/mol. The topological polar surface area (TPSA) is 82.1 Å². The van der Waals surface area contributed by atoms with Crippen LogP contribution in [-0.4, -0.2) is 61.3 Å². The van der Waals surface area contributed by atoms with Gasteiger partial charge in [0.05, 0.1) is 19.8 Å². The lowest BCUT2D eigenvalue weighted by Gasteiger charge is -2.46. The molecule has 0 atom stereocenters. The Bertz CT molecular complexity index is 860. The van der Waals surface area contributed by atoms with Crippen molar-refractivity contribution in [2.75, 3.05) is 32.9 Å². The molecule has 0 aromatic heterocycles. The zero-order valence-electron chi connectivity index (χ0n) is 34.0. The predicted octanol–water partition coefficient (Wildman–Crippen LogP) is 11.9. The molecule has 0 saturated carbocycles. The first-order valence-corrected chi connectivity index (χ1v) is 21.6. The van der Waals surface area contributed by atoms with Crippen LogP contribution in [0.1, 0.15) is 194 Å². The number of esters is 3. The molecule has 0 unspecified atom stereocenters. The Balaban J connectivity index is 2.77. The van der Waals surface area contributed by atoms with Gasteiger partial charge in [0.2, 0.25) is 0 Å². The van der Waals surface area contributed by atoms with Crippen molar-refractivity contribution >= 4 is 17.9 Å². The van der Waals surface area contributed by atoms with Gasteiger partial charge in [0.1, 0.15) is 0 Å². The number of rotatable bonds is 34. The van der Waals surface area contributed by atoms with Crippen molar-refractivity contribution in [2.45, 2.75) is 200 Å². The molecule has 0 radical (unpaired) electrons. The van der Waals surface area contributed by atoms with Crippen LogP contribution in [0.25, 0.3) is 0 Å². The molecule has 300 valence electrons. The van der Waals surface area contributed by atoms with Crippen LogP contribution in [0.4, 0.5) is 0 Å². The highest BCUT2D eigenvalue weighted by Gasteiger charge is 2.38. The molecule has 0 amide bonds. The summed E-state index contributed by atoms with van der Waals surface area (Å²) in [5.41, 5.74) is -0.471. The number of ether oxygens (including phenoxy) is 3. The van der Waals surface area contributed by atoms with Crippen molar-refractivity contribution < 1.29 is 28.6 Å². The van der Waals surface area contributed by atoms with Crippen LogP contribution in [0.15, 0.2) is 36.5 Å². The third-order valence-corrected chi connectivity index (χ3v) is 10.2. The molecule has 1 aliphatic heterocycles. The maximum absolute atomic E-state index is 13.0. The highest BCUT2D eigenvalue weighted by atomic mass is 16.5. The van der Waals surface area contributed by atoms with E-state index in [0.717, 1.165) is 83.7 Å². The third kappa shape index (κ3) is 26.4. The zero-order valence-corrected chi connectivity index (χ0v) is 34.0. The molecule has 0 bridgehead atoms. The molecule has 1 fully saturated rings. The fourth-order valence-corrected chi connectivity index (χ4v) is 6.84. The number of likely N-dealkylation sites (tertiary alicyclic amines) is 1. The Labute approximate surface area is 319 Å². The van der Waals surface area contributed by atoms with E-state index < -0.39 is 5.54 Å². The van der Waals surface area contributed by atoms with Crippen LogP contribution < -0.4 is 0 Å². The van der Waals surface area contributed by atoms with E-state index in [1.165, 1.54) is 64.2 Å². The molecule has 1 saturated heterocycles. The van der Waals surface area contributed by atoms with Crippen LogP contribution >= 0.6 is 0 Å². The van der Waals surface area contributed by atoms with Crippen molar-refractivity contribution in [1.29, 1.82) is 0 Å². The summed E-state index contributed by atoms with van der Waals surface area (Å²) in [7, 11) is 0. The monoisotopic (exact) mass is 730 g/mol. The first kappa shape index (κ1) is 47.6. The van der Waals surface area contributed by atoms with E-state index in [-0.39, 0.29) is 37.2 Å². The number of carbonyl (C=O) groups excluding carboxylic acids is 3. The normalized spacial score (nSPS) is 14.1. The maximum Gasteiger partial charge on any atom is 0.305 e. The molecule has 1 rings (SSSR count). The summed E-state index contributed by atoms with van der Waals surface area (Å²) < 4.78 is 17.0. The molecule has 52 heavy (non-hydrogen) atoms. The molecule has 0 N–H and O–H groups in total. The second kappa shape index (κ2) is 34.4. The van der Waals surface area contributed by atoms with E-state index >= 15 is 0 Å². The van der Waals surface area contributed by atoms with E-state index in [0.29, 0.717) is 39.1 Å². The van der Waals surface area contributed by atoms with Crippen LogP contribution in [0.2, 0.25) is 0 Å². The smallest absolute Gasteiger partial charge is 0.305 e. The summed E-state index contributed by atoms with van der Waals surface area (Å²) >= 11 is 0. The number of unbranched alkanes of at least 4 members (excludes halogenated alkanes) is 12. The molecule has 0 aromatic rings. The zero-order chi connectivity index (χ0) is 37.8. The van der Waals surface area contributed by atoms with Crippen molar-refractivity contribution in [3.8, 4) is 0 Å². The van der Waals surface area contributed by atoms with E-state index in [2.05, 4.69) is 62.1 Å². The molecule has 0 spiro atoms. The first-order chi connectivity index (χ1) is 25.5. The summed E-state index contributed by atoms with van der Waals surface area (Å²) in [6.45, 7) is 9.68. The second-order valence-corrected chi connectivity index (χ2v) is 14.8. The van der Waals surface area contributed by atoms with Crippen molar-refractivity contribution in [3.63, 3.8) is 0 Å². The van der Waals surface area contributed by atoms with Crippen molar-refractivity contribution in [2.24, 2.45) is 0 Å². The van der Waals surface area contributed by atoms with Crippen LogP contribution in [-0.2, 0) is 28.6 Å². The van der Waals surface area contributed by atoms with Crippen molar-refractivity contribution in [1.82, 2.24) is 4.90 Å². The molecule has 1 aliphatic rings. The lowest BCUT2D eigenvalue weighted by atomic mass is 9.80. The van der Waals surface area contributed by atoms with Gasteiger partial charge in [-0.25, -0.2) is 0 Å². The number of hydrogen-bond acceptors (Lipinski definition) is 7. The minimum atomic E-state index is -0.471. The molecule has 0 aromatic carbocycles. The third-order valence-electron chi connectivity index (χ3n) is 10.2. The fraction of sp³-hybridized carbons (Fsp3) is 0.800. The Morgan fingerprint density at radius 3 is 1.08 bits per heavy atom. The number of piperidine rings is 1. The SMILES string of the molecule is CCCCC/C=C\CCCOC(=O)CCC(CCC(=O)OCCC/C=C\CCCCC)(CCC(=O)OCCC/C=C\CCCCC)N1CCCCC1. The average Bonchev–Trinajstić information content (AvgIpc) is 3.16.